The molecule has 10 aromatic rings. The molecule has 0 unspecified atom stereocenters. The molecule has 18 heteroatoms. The highest BCUT2D eigenvalue weighted by molar-refractivity contribution is 7.96. The van der Waals surface area contributed by atoms with E-state index in [9.17, 15) is 16.8 Å². The zero-order valence-corrected chi connectivity index (χ0v) is 47.8. The fraction of sp³-hybridized carbons (Fsp3) is 0.156. The van der Waals surface area contributed by atoms with Gasteiger partial charge in [-0.1, -0.05) is 109 Å². The maximum atomic E-state index is 14.5. The highest BCUT2D eigenvalue weighted by Crippen LogP contribution is 2.36. The number of hydrogen-bond donors (Lipinski definition) is 1. The van der Waals surface area contributed by atoms with Gasteiger partial charge in [0, 0.05) is 55.9 Å². The minimum atomic E-state index is -4.37. The Balaban J connectivity index is 0.850. The number of sulfonamides is 2. The van der Waals surface area contributed by atoms with Crippen LogP contribution < -0.4 is 37.8 Å². The first-order valence-corrected chi connectivity index (χ1v) is 30.6. The molecular formula is C64H60N6O9S3. The first kappa shape index (κ1) is 56.2. The molecule has 1 N–H and O–H groups in total. The van der Waals surface area contributed by atoms with Gasteiger partial charge in [-0.2, -0.15) is 0 Å². The van der Waals surface area contributed by atoms with Crippen LogP contribution in [0.15, 0.2) is 223 Å². The Morgan fingerprint density at radius 2 is 1.01 bits per heavy atom. The van der Waals surface area contributed by atoms with Gasteiger partial charge in [-0.05, 0) is 120 Å². The van der Waals surface area contributed by atoms with Crippen LogP contribution in [0.5, 0.6) is 34.5 Å². The molecule has 0 aliphatic heterocycles. The van der Waals surface area contributed by atoms with Crippen LogP contribution in [0, 0.1) is 13.8 Å². The van der Waals surface area contributed by atoms with E-state index in [0.29, 0.717) is 89.8 Å². The number of oxazole rings is 1. The highest BCUT2D eigenvalue weighted by atomic mass is 32.2. The number of nitrogens with zero attached hydrogens (tertiary/aromatic N) is 5. The third-order valence-electron chi connectivity index (χ3n) is 13.3. The predicted octanol–water partition coefficient (Wildman–Crippen LogP) is 14.1. The average molecular weight is 1150 g/mol. The summed E-state index contributed by atoms with van der Waals surface area (Å²) in [6, 6.07) is 61.2. The van der Waals surface area contributed by atoms with Crippen LogP contribution in [-0.4, -0.2) is 38.9 Å². The number of hydrogen-bond acceptors (Lipinski definition) is 14. The molecule has 0 saturated carbocycles. The number of benzene rings is 8. The number of ether oxygens (including phenoxy) is 4. The molecule has 8 aromatic carbocycles. The lowest BCUT2D eigenvalue weighted by Gasteiger charge is -2.31. The average Bonchev–Trinajstić information content (AvgIpc) is 4.33. The maximum absolute atomic E-state index is 14.5. The van der Waals surface area contributed by atoms with E-state index in [4.69, 9.17) is 23.4 Å². The van der Waals surface area contributed by atoms with Gasteiger partial charge in [0.15, 0.2) is 12.3 Å². The van der Waals surface area contributed by atoms with E-state index < -0.39 is 25.9 Å². The zero-order chi connectivity index (χ0) is 56.9. The molecular weight excluding hydrogens is 1090 g/mol. The molecule has 82 heavy (non-hydrogen) atoms. The van der Waals surface area contributed by atoms with E-state index in [1.807, 2.05) is 184 Å². The first-order valence-electron chi connectivity index (χ1n) is 26.3. The van der Waals surface area contributed by atoms with Crippen LogP contribution in [0.4, 0.5) is 22.7 Å². The van der Waals surface area contributed by atoms with Crippen molar-refractivity contribution in [3.8, 4) is 34.5 Å². The molecule has 2 aromatic heterocycles. The van der Waals surface area contributed by atoms with Gasteiger partial charge in [0.1, 0.15) is 59.7 Å². The van der Waals surface area contributed by atoms with Crippen LogP contribution in [0.1, 0.15) is 44.0 Å². The Hall–Kier alpha value is -9.10. The Labute approximate surface area is 482 Å². The van der Waals surface area contributed by atoms with Gasteiger partial charge in [-0.3, -0.25) is 14.0 Å². The third kappa shape index (κ3) is 15.2. The van der Waals surface area contributed by atoms with E-state index >= 15 is 0 Å². The zero-order valence-electron chi connectivity index (χ0n) is 45.4. The lowest BCUT2D eigenvalue weighted by Crippen LogP contribution is -2.38. The summed E-state index contributed by atoms with van der Waals surface area (Å²) in [6.45, 7) is 6.25. The largest absolute Gasteiger partial charge is 0.488 e. The first-order chi connectivity index (χ1) is 39.8. The smallest absolute Gasteiger partial charge is 0.252 e. The van der Waals surface area contributed by atoms with E-state index in [1.54, 1.807) is 36.0 Å². The van der Waals surface area contributed by atoms with Crippen LogP contribution in [0.25, 0.3) is 0 Å². The van der Waals surface area contributed by atoms with Crippen molar-refractivity contribution in [2.75, 3.05) is 31.0 Å². The number of thiazole rings is 1. The molecule has 0 fully saturated rings. The van der Waals surface area contributed by atoms with Crippen LogP contribution in [0.3, 0.4) is 0 Å². The molecule has 0 aliphatic carbocycles. The molecule has 2 heterocycles. The Morgan fingerprint density at radius 3 is 1.52 bits per heavy atom. The molecule has 0 bridgehead atoms. The van der Waals surface area contributed by atoms with Crippen LogP contribution in [0.2, 0.25) is 0 Å². The van der Waals surface area contributed by atoms with Crippen molar-refractivity contribution in [3.05, 3.63) is 262 Å². The van der Waals surface area contributed by atoms with Crippen molar-refractivity contribution in [2.45, 2.75) is 53.2 Å². The summed E-state index contributed by atoms with van der Waals surface area (Å²) in [5.41, 5.74) is 9.82. The van der Waals surface area contributed by atoms with Gasteiger partial charge < -0.3 is 33.2 Å². The SMILES string of the molecule is Cc1c(NS(=O)(=O)CN(c2cccc(N(Cc3ccccc3)Cc3ccc(Oc4cccc(OCc5cncs5)c4)cc3)c2C)S(C)(=O)=O)cccc1N(Cc1ccccc1)Cc1ccc(Oc2cccc(OCc3cocn3)c2)cc1. The summed E-state index contributed by atoms with van der Waals surface area (Å²) < 4.78 is 89.7. The highest BCUT2D eigenvalue weighted by Gasteiger charge is 2.29. The second-order valence-corrected chi connectivity index (χ2v) is 24.0. The van der Waals surface area contributed by atoms with Gasteiger partial charge in [0.25, 0.3) is 10.0 Å². The number of rotatable bonds is 26. The summed E-state index contributed by atoms with van der Waals surface area (Å²) in [5.74, 6) is 2.94. The molecule has 0 amide bonds. The normalized spacial score (nSPS) is 11.4. The molecule has 418 valence electrons. The topological polar surface area (TPSA) is 166 Å². The van der Waals surface area contributed by atoms with Gasteiger partial charge in [-0.25, -0.2) is 21.8 Å². The van der Waals surface area contributed by atoms with Crippen molar-refractivity contribution < 1.29 is 40.2 Å². The van der Waals surface area contributed by atoms with E-state index in [0.717, 1.165) is 49.1 Å². The maximum Gasteiger partial charge on any atom is 0.252 e. The molecule has 0 saturated heterocycles. The van der Waals surface area contributed by atoms with Gasteiger partial charge in [-0.15, -0.1) is 11.3 Å². The number of aromatic nitrogens is 2. The fourth-order valence-corrected chi connectivity index (χ4v) is 12.6. The monoisotopic (exact) mass is 1150 g/mol. The molecule has 0 atom stereocenters. The summed E-state index contributed by atoms with van der Waals surface area (Å²) in [5, 5.41) is 0. The minimum Gasteiger partial charge on any atom is -0.488 e. The van der Waals surface area contributed by atoms with Crippen molar-refractivity contribution in [1.82, 2.24) is 9.97 Å². The Morgan fingerprint density at radius 1 is 0.524 bits per heavy atom. The minimum absolute atomic E-state index is 0.239. The number of nitrogens with one attached hydrogen (secondary N) is 1. The standard InChI is InChI=1S/C64H60N6O9S3/c1-47-61(22-12-23-62(47)68(37-49-14-6-4-7-15-49)39-51-26-30-54(31-27-51)78-58-20-10-18-56(34-58)76-42-53-41-75-44-66-53)67-82(73,74)46-70(81(3,71)72)64-25-13-24-63(48(64)2)69(38-50-16-8-5-9-17-50)40-52-28-32-55(33-29-52)79-59-21-11-19-57(35-59)77-43-60-36-65-45-80-60/h4-36,41,44-45,67H,37-40,42-43,46H2,1-3H3. The summed E-state index contributed by atoms with van der Waals surface area (Å²) in [4.78, 5) is 13.6. The Kier molecular flexibility index (Phi) is 17.8. The second kappa shape index (κ2) is 26.0. The molecule has 15 nitrogen and oxygen atoms in total. The van der Waals surface area contributed by atoms with Gasteiger partial charge in [0.2, 0.25) is 10.0 Å². The summed E-state index contributed by atoms with van der Waals surface area (Å²) in [7, 11) is -8.53. The quantitative estimate of drug-likeness (QED) is 0.0545. The van der Waals surface area contributed by atoms with Gasteiger partial charge >= 0.3 is 0 Å². The van der Waals surface area contributed by atoms with Crippen LogP contribution >= 0.6 is 11.3 Å². The molecule has 0 spiro atoms. The van der Waals surface area contributed by atoms with Crippen molar-refractivity contribution in [1.29, 1.82) is 0 Å². The summed E-state index contributed by atoms with van der Waals surface area (Å²) in [6.07, 6.45) is 5.71. The Bertz CT molecular complexity index is 3910. The van der Waals surface area contributed by atoms with Crippen molar-refractivity contribution >= 4 is 54.1 Å². The van der Waals surface area contributed by atoms with E-state index in [2.05, 4.69) is 24.5 Å². The fourth-order valence-electron chi connectivity index (χ4n) is 9.29. The lowest BCUT2D eigenvalue weighted by atomic mass is 10.1. The number of anilines is 4. The molecule has 10 rings (SSSR count). The van der Waals surface area contributed by atoms with E-state index in [1.165, 1.54) is 24.0 Å². The van der Waals surface area contributed by atoms with Crippen molar-refractivity contribution in [3.63, 3.8) is 0 Å². The van der Waals surface area contributed by atoms with E-state index in [-0.39, 0.29) is 12.3 Å². The van der Waals surface area contributed by atoms with Crippen LogP contribution in [-0.2, 0) is 59.4 Å². The predicted molar refractivity (Wildman–Crippen MR) is 323 cm³/mol. The second-order valence-electron chi connectivity index (χ2n) is 19.5. The third-order valence-corrected chi connectivity index (χ3v) is 16.5. The van der Waals surface area contributed by atoms with Gasteiger partial charge in [0.05, 0.1) is 28.0 Å². The van der Waals surface area contributed by atoms with Crippen molar-refractivity contribution in [2.24, 2.45) is 0 Å². The molecule has 0 aliphatic rings. The summed E-state index contributed by atoms with van der Waals surface area (Å²) >= 11 is 1.53. The molecule has 0 radical (unpaired) electrons. The lowest BCUT2D eigenvalue weighted by molar-refractivity contribution is 0.299.